The molecule has 2 rings (SSSR count). The van der Waals surface area contributed by atoms with Gasteiger partial charge in [-0.05, 0) is 40.5 Å². The Kier molecular flexibility index (Phi) is 4.69. The molecule has 8 heteroatoms. The minimum atomic E-state index is -0.552. The van der Waals surface area contributed by atoms with Crippen molar-refractivity contribution in [3.8, 4) is 0 Å². The van der Waals surface area contributed by atoms with E-state index < -0.39 is 10.8 Å². The van der Waals surface area contributed by atoms with Gasteiger partial charge >= 0.3 is 0 Å². The molecule has 0 radical (unpaired) electrons. The Balaban J connectivity index is 2.27. The number of carbonyl (C=O) groups is 1. The summed E-state index contributed by atoms with van der Waals surface area (Å²) < 4.78 is 1.29. The molecule has 6 nitrogen and oxygen atoms in total. The number of nitrogens with zero attached hydrogens (tertiary/aromatic N) is 2. The van der Waals surface area contributed by atoms with Crippen molar-refractivity contribution in [2.24, 2.45) is 0 Å². The average Bonchev–Trinajstić information content (AvgIpc) is 2.42. The van der Waals surface area contributed by atoms with Crippen LogP contribution in [0.2, 0.25) is 0 Å². The van der Waals surface area contributed by atoms with Gasteiger partial charge in [-0.25, -0.2) is 4.98 Å². The van der Waals surface area contributed by atoms with Gasteiger partial charge in [0.25, 0.3) is 11.6 Å². The highest BCUT2D eigenvalue weighted by molar-refractivity contribution is 9.10. The zero-order valence-corrected chi connectivity index (χ0v) is 13.9. The molecule has 0 unspecified atom stereocenters. The van der Waals surface area contributed by atoms with Crippen LogP contribution in [-0.4, -0.2) is 15.8 Å². The molecule has 0 aliphatic carbocycles. The molecule has 0 saturated heterocycles. The fraction of sp³-hybridized carbons (Fsp3) is 0.0769. The van der Waals surface area contributed by atoms with E-state index >= 15 is 0 Å². The van der Waals surface area contributed by atoms with Crippen molar-refractivity contribution in [3.05, 3.63) is 60.6 Å². The second-order valence-corrected chi connectivity index (χ2v) is 6.00. The smallest absolute Gasteiger partial charge is 0.271 e. The predicted molar refractivity (Wildman–Crippen MR) is 85.4 cm³/mol. The van der Waals surface area contributed by atoms with Crippen LogP contribution in [0, 0.1) is 17.0 Å². The van der Waals surface area contributed by atoms with Gasteiger partial charge in [0.2, 0.25) is 0 Å². The van der Waals surface area contributed by atoms with Crippen LogP contribution in [0.1, 0.15) is 15.9 Å². The van der Waals surface area contributed by atoms with Crippen molar-refractivity contribution in [2.75, 3.05) is 5.32 Å². The first-order valence-corrected chi connectivity index (χ1v) is 7.34. The zero-order chi connectivity index (χ0) is 15.6. The summed E-state index contributed by atoms with van der Waals surface area (Å²) in [5.41, 5.74) is 0.938. The largest absolute Gasteiger partial charge is 0.307 e. The molecule has 0 spiro atoms. The molecule has 1 aromatic heterocycles. The highest BCUT2D eigenvalue weighted by Crippen LogP contribution is 2.22. The van der Waals surface area contributed by atoms with Crippen molar-refractivity contribution in [3.63, 3.8) is 0 Å². The molecule has 1 N–H and O–H groups in total. The minimum Gasteiger partial charge on any atom is -0.307 e. The van der Waals surface area contributed by atoms with Crippen molar-refractivity contribution in [1.29, 1.82) is 0 Å². The van der Waals surface area contributed by atoms with Crippen LogP contribution in [0.5, 0.6) is 0 Å². The third-order valence-electron chi connectivity index (χ3n) is 2.64. The number of nitro groups is 1. The van der Waals surface area contributed by atoms with Gasteiger partial charge in [-0.3, -0.25) is 14.9 Å². The number of anilines is 1. The van der Waals surface area contributed by atoms with E-state index in [4.69, 9.17) is 0 Å². The van der Waals surface area contributed by atoms with Gasteiger partial charge in [-0.15, -0.1) is 0 Å². The van der Waals surface area contributed by atoms with Crippen molar-refractivity contribution in [2.45, 2.75) is 6.92 Å². The zero-order valence-electron chi connectivity index (χ0n) is 10.8. The third kappa shape index (κ3) is 3.85. The first-order valence-electron chi connectivity index (χ1n) is 5.75. The maximum Gasteiger partial charge on any atom is 0.271 e. The first-order chi connectivity index (χ1) is 9.86. The van der Waals surface area contributed by atoms with Gasteiger partial charge in [-0.1, -0.05) is 15.9 Å². The summed E-state index contributed by atoms with van der Waals surface area (Å²) >= 11 is 6.47. The van der Waals surface area contributed by atoms with Crippen LogP contribution in [0.4, 0.5) is 11.5 Å². The number of nitrogens with one attached hydrogen (secondary N) is 1. The summed E-state index contributed by atoms with van der Waals surface area (Å²) in [6, 6.07) is 5.76. The molecule has 1 aromatic carbocycles. The highest BCUT2D eigenvalue weighted by atomic mass is 79.9. The molecule has 0 bridgehead atoms. The molecule has 0 fully saturated rings. The summed E-state index contributed by atoms with van der Waals surface area (Å²) in [7, 11) is 0. The van der Waals surface area contributed by atoms with Crippen LogP contribution < -0.4 is 5.32 Å². The van der Waals surface area contributed by atoms with Gasteiger partial charge in [-0.2, -0.15) is 0 Å². The van der Waals surface area contributed by atoms with Gasteiger partial charge in [0, 0.05) is 32.8 Å². The van der Waals surface area contributed by atoms with Crippen LogP contribution in [0.15, 0.2) is 39.4 Å². The molecule has 0 atom stereocenters. The van der Waals surface area contributed by atoms with Gasteiger partial charge in [0.1, 0.15) is 5.82 Å². The summed E-state index contributed by atoms with van der Waals surface area (Å²) in [4.78, 5) is 26.4. The predicted octanol–water partition coefficient (Wildman–Crippen LogP) is 4.08. The van der Waals surface area contributed by atoms with Gasteiger partial charge < -0.3 is 5.32 Å². The van der Waals surface area contributed by atoms with Crippen LogP contribution in [0.25, 0.3) is 0 Å². The van der Waals surface area contributed by atoms with Gasteiger partial charge in [0.05, 0.1) is 4.92 Å². The summed E-state index contributed by atoms with van der Waals surface area (Å²) in [6.45, 7) is 1.87. The number of aromatic nitrogens is 1. The molecule has 1 heterocycles. The van der Waals surface area contributed by atoms with E-state index in [1.165, 1.54) is 18.2 Å². The number of non-ortho nitro benzene ring substituents is 1. The Bertz CT molecular complexity index is 735. The van der Waals surface area contributed by atoms with Crippen LogP contribution in [-0.2, 0) is 0 Å². The number of hydrogen-bond acceptors (Lipinski definition) is 4. The van der Waals surface area contributed by atoms with Crippen molar-refractivity contribution < 1.29 is 9.72 Å². The second-order valence-electron chi connectivity index (χ2n) is 4.23. The number of rotatable bonds is 3. The Morgan fingerprint density at radius 2 is 2.00 bits per heavy atom. The average molecular weight is 415 g/mol. The van der Waals surface area contributed by atoms with E-state index in [9.17, 15) is 14.9 Å². The fourth-order valence-electron chi connectivity index (χ4n) is 1.61. The minimum absolute atomic E-state index is 0.158. The maximum atomic E-state index is 12.1. The van der Waals surface area contributed by atoms with Gasteiger partial charge in [0.15, 0.2) is 0 Å². The number of benzene rings is 1. The molecule has 0 aliphatic heterocycles. The summed E-state index contributed by atoms with van der Waals surface area (Å²) in [5.74, 6) is -0.0862. The Labute approximate surface area is 137 Å². The van der Waals surface area contributed by atoms with E-state index in [2.05, 4.69) is 42.2 Å². The fourth-order valence-corrected chi connectivity index (χ4v) is 2.30. The Hall–Kier alpha value is -1.80. The van der Waals surface area contributed by atoms with E-state index in [1.54, 1.807) is 12.3 Å². The molecule has 2 aromatic rings. The SMILES string of the molecule is Cc1cc(NC(=O)c2cc(Br)cc([N+](=O)[O-])c2)ncc1Br. The molecule has 0 aliphatic rings. The van der Waals surface area contributed by atoms with E-state index in [1.807, 2.05) is 6.92 Å². The lowest BCUT2D eigenvalue weighted by Crippen LogP contribution is -2.13. The Morgan fingerprint density at radius 3 is 2.62 bits per heavy atom. The first kappa shape index (κ1) is 15.6. The number of aryl methyl sites for hydroxylation is 1. The number of nitro benzene ring substituents is 1. The van der Waals surface area contributed by atoms with E-state index in [0.717, 1.165) is 10.0 Å². The van der Waals surface area contributed by atoms with E-state index in [0.29, 0.717) is 10.3 Å². The quantitative estimate of drug-likeness (QED) is 0.605. The number of hydrogen-bond donors (Lipinski definition) is 1. The molecular formula is C13H9Br2N3O3. The molecule has 21 heavy (non-hydrogen) atoms. The van der Waals surface area contributed by atoms with Crippen molar-refractivity contribution >= 4 is 49.3 Å². The Morgan fingerprint density at radius 1 is 1.29 bits per heavy atom. The van der Waals surface area contributed by atoms with Crippen LogP contribution >= 0.6 is 31.9 Å². The normalized spacial score (nSPS) is 10.2. The van der Waals surface area contributed by atoms with Crippen LogP contribution in [0.3, 0.4) is 0 Å². The number of amides is 1. The lowest BCUT2D eigenvalue weighted by molar-refractivity contribution is -0.384. The van der Waals surface area contributed by atoms with Crippen molar-refractivity contribution in [1.82, 2.24) is 4.98 Å². The van der Waals surface area contributed by atoms with E-state index in [-0.39, 0.29) is 11.3 Å². The maximum absolute atomic E-state index is 12.1. The number of carbonyl (C=O) groups excluding carboxylic acids is 1. The monoisotopic (exact) mass is 413 g/mol. The second kappa shape index (κ2) is 6.31. The summed E-state index contributed by atoms with van der Waals surface area (Å²) in [5, 5.41) is 13.4. The lowest BCUT2D eigenvalue weighted by Gasteiger charge is -2.06. The number of pyridine rings is 1. The molecule has 1 amide bonds. The standard InChI is InChI=1S/C13H9Br2N3O3/c1-7-2-12(16-6-11(7)15)17-13(19)8-3-9(14)5-10(4-8)18(20)21/h2-6H,1H3,(H,16,17,19). The molecule has 108 valence electrons. The molecular weight excluding hydrogens is 406 g/mol. The topological polar surface area (TPSA) is 85.1 Å². The highest BCUT2D eigenvalue weighted by Gasteiger charge is 2.14. The molecule has 0 saturated carbocycles. The summed E-state index contributed by atoms with van der Waals surface area (Å²) in [6.07, 6.45) is 1.58. The number of halogens is 2. The third-order valence-corrected chi connectivity index (χ3v) is 3.93. The lowest BCUT2D eigenvalue weighted by atomic mass is 10.2.